The molecule has 0 aliphatic heterocycles. The zero-order chi connectivity index (χ0) is 12.3. The van der Waals surface area contributed by atoms with Gasteiger partial charge in [-0.2, -0.15) is 0 Å². The summed E-state index contributed by atoms with van der Waals surface area (Å²) in [6.45, 7) is -0.186. The van der Waals surface area contributed by atoms with Crippen LogP contribution in [-0.4, -0.2) is 24.7 Å². The van der Waals surface area contributed by atoms with Crippen LogP contribution in [0.15, 0.2) is 12.1 Å². The van der Waals surface area contributed by atoms with Crippen LogP contribution in [0, 0.1) is 5.82 Å². The first kappa shape index (κ1) is 12.7. The van der Waals surface area contributed by atoms with E-state index in [-0.39, 0.29) is 22.9 Å². The number of ether oxygens (including phenoxy) is 1. The lowest BCUT2D eigenvalue weighted by Gasteiger charge is -2.16. The van der Waals surface area contributed by atoms with E-state index in [0.717, 1.165) is 6.07 Å². The normalized spacial score (nSPS) is 12.2. The Kier molecular flexibility index (Phi) is 4.09. The molecule has 88 valence electrons. The Morgan fingerprint density at radius 2 is 2.31 bits per heavy atom. The van der Waals surface area contributed by atoms with Crippen molar-refractivity contribution in [3.05, 3.63) is 28.5 Å². The minimum atomic E-state index is -1.17. The molecule has 1 aromatic carbocycles. The summed E-state index contributed by atoms with van der Waals surface area (Å²) in [5, 5.41) is 9.07. The summed E-state index contributed by atoms with van der Waals surface area (Å²) in [5.41, 5.74) is 5.40. The maximum Gasteiger partial charge on any atom is 0.312 e. The number of methoxy groups -OCH3 is 1. The van der Waals surface area contributed by atoms with E-state index in [1.165, 1.54) is 13.2 Å². The van der Waals surface area contributed by atoms with Crippen molar-refractivity contribution in [3.63, 3.8) is 0 Å². The summed E-state index contributed by atoms with van der Waals surface area (Å²) in [6.07, 6.45) is 0. The Hall–Kier alpha value is -1.33. The summed E-state index contributed by atoms with van der Waals surface area (Å²) >= 11 is 5.83. The third-order valence-corrected chi connectivity index (χ3v) is 2.51. The molecule has 4 nitrogen and oxygen atoms in total. The molecule has 1 atom stereocenters. The van der Waals surface area contributed by atoms with E-state index in [1.807, 2.05) is 0 Å². The number of carbonyl (C=O) groups is 1. The van der Waals surface area contributed by atoms with Gasteiger partial charge in [-0.25, -0.2) is 4.39 Å². The number of rotatable bonds is 4. The van der Waals surface area contributed by atoms with Crippen LogP contribution in [0.25, 0.3) is 0 Å². The molecule has 3 N–H and O–H groups in total. The fourth-order valence-electron chi connectivity index (χ4n) is 1.42. The van der Waals surface area contributed by atoms with Crippen molar-refractivity contribution in [2.75, 3.05) is 13.7 Å². The molecule has 0 fully saturated rings. The van der Waals surface area contributed by atoms with E-state index in [9.17, 15) is 9.18 Å². The van der Waals surface area contributed by atoms with Gasteiger partial charge in [-0.1, -0.05) is 11.6 Å². The zero-order valence-electron chi connectivity index (χ0n) is 8.54. The van der Waals surface area contributed by atoms with Crippen molar-refractivity contribution in [2.45, 2.75) is 5.92 Å². The molecule has 0 spiro atoms. The van der Waals surface area contributed by atoms with Crippen LogP contribution in [0.1, 0.15) is 11.5 Å². The SMILES string of the molecule is COc1c(F)ccc(Cl)c1C(CN)C(=O)O. The van der Waals surface area contributed by atoms with Crippen LogP contribution < -0.4 is 10.5 Å². The quantitative estimate of drug-likeness (QED) is 0.848. The molecule has 0 bridgehead atoms. The average Bonchev–Trinajstić information content (AvgIpc) is 2.24. The zero-order valence-corrected chi connectivity index (χ0v) is 9.29. The molecular formula is C10H11ClFNO3. The van der Waals surface area contributed by atoms with Crippen molar-refractivity contribution in [1.29, 1.82) is 0 Å². The molecule has 0 amide bonds. The maximum atomic E-state index is 13.4. The number of halogens is 2. The van der Waals surface area contributed by atoms with E-state index in [1.54, 1.807) is 0 Å². The largest absolute Gasteiger partial charge is 0.493 e. The smallest absolute Gasteiger partial charge is 0.312 e. The molecule has 0 saturated carbocycles. The summed E-state index contributed by atoms with van der Waals surface area (Å²) in [7, 11) is 1.24. The molecule has 0 aliphatic rings. The molecule has 1 unspecified atom stereocenters. The Balaban J connectivity index is 3.39. The summed E-state index contributed by atoms with van der Waals surface area (Å²) in [5.74, 6) is -3.10. The van der Waals surface area contributed by atoms with E-state index >= 15 is 0 Å². The molecule has 6 heteroatoms. The Labute approximate surface area is 96.8 Å². The van der Waals surface area contributed by atoms with Crippen molar-refractivity contribution < 1.29 is 19.0 Å². The van der Waals surface area contributed by atoms with Crippen LogP contribution in [0.5, 0.6) is 5.75 Å². The molecule has 16 heavy (non-hydrogen) atoms. The van der Waals surface area contributed by atoms with Gasteiger partial charge in [0.2, 0.25) is 0 Å². The topological polar surface area (TPSA) is 72.5 Å². The van der Waals surface area contributed by atoms with Crippen molar-refractivity contribution in [2.24, 2.45) is 5.73 Å². The van der Waals surface area contributed by atoms with Gasteiger partial charge in [0, 0.05) is 17.1 Å². The molecule has 0 radical (unpaired) electrons. The molecule has 0 aromatic heterocycles. The molecular weight excluding hydrogens is 237 g/mol. The minimum absolute atomic E-state index is 0.0687. The van der Waals surface area contributed by atoms with Gasteiger partial charge in [0.25, 0.3) is 0 Å². The van der Waals surface area contributed by atoms with E-state index < -0.39 is 17.7 Å². The number of benzene rings is 1. The number of aliphatic carboxylic acids is 1. The second-order valence-corrected chi connectivity index (χ2v) is 3.51. The average molecular weight is 248 g/mol. The Morgan fingerprint density at radius 1 is 1.69 bits per heavy atom. The second kappa shape index (κ2) is 5.14. The predicted molar refractivity (Wildman–Crippen MR) is 57.4 cm³/mol. The van der Waals surface area contributed by atoms with E-state index in [4.69, 9.17) is 27.2 Å². The first-order valence-electron chi connectivity index (χ1n) is 4.47. The first-order chi connectivity index (χ1) is 7.52. The lowest BCUT2D eigenvalue weighted by molar-refractivity contribution is -0.138. The van der Waals surface area contributed by atoms with Gasteiger partial charge in [0.1, 0.15) is 0 Å². The van der Waals surface area contributed by atoms with Crippen LogP contribution in [0.3, 0.4) is 0 Å². The molecule has 0 heterocycles. The van der Waals surface area contributed by atoms with E-state index in [0.29, 0.717) is 0 Å². The standard InChI is InChI=1S/C10H11ClFNO3/c1-16-9-7(12)3-2-6(11)8(9)5(4-13)10(14)15/h2-3,5H,4,13H2,1H3,(H,14,15). The third-order valence-electron chi connectivity index (χ3n) is 2.18. The predicted octanol–water partition coefficient (Wildman–Crippen LogP) is 1.61. The van der Waals surface area contributed by atoms with Gasteiger partial charge in [0.05, 0.1) is 13.0 Å². The summed E-state index contributed by atoms with van der Waals surface area (Å²) in [6, 6.07) is 2.39. The van der Waals surface area contributed by atoms with Crippen molar-refractivity contribution in [1.82, 2.24) is 0 Å². The van der Waals surface area contributed by atoms with Gasteiger partial charge in [-0.3, -0.25) is 4.79 Å². The number of nitrogens with two attached hydrogens (primary N) is 1. The minimum Gasteiger partial charge on any atom is -0.493 e. The first-order valence-corrected chi connectivity index (χ1v) is 4.85. The highest BCUT2D eigenvalue weighted by atomic mass is 35.5. The van der Waals surface area contributed by atoms with Gasteiger partial charge >= 0.3 is 5.97 Å². The van der Waals surface area contributed by atoms with Crippen LogP contribution in [-0.2, 0) is 4.79 Å². The third kappa shape index (κ3) is 2.25. The van der Waals surface area contributed by atoms with Crippen LogP contribution in [0.2, 0.25) is 5.02 Å². The molecule has 0 aliphatic carbocycles. The van der Waals surface area contributed by atoms with Gasteiger partial charge in [0.15, 0.2) is 11.6 Å². The Morgan fingerprint density at radius 3 is 2.75 bits per heavy atom. The number of hydrogen-bond acceptors (Lipinski definition) is 3. The highest BCUT2D eigenvalue weighted by Crippen LogP contribution is 2.35. The number of carboxylic acid groups (broad SMARTS) is 1. The fraction of sp³-hybridized carbons (Fsp3) is 0.300. The van der Waals surface area contributed by atoms with Crippen LogP contribution >= 0.6 is 11.6 Å². The van der Waals surface area contributed by atoms with Gasteiger partial charge in [-0.05, 0) is 12.1 Å². The van der Waals surface area contributed by atoms with Crippen molar-refractivity contribution in [3.8, 4) is 5.75 Å². The Bertz CT molecular complexity index is 411. The van der Waals surface area contributed by atoms with Gasteiger partial charge < -0.3 is 15.6 Å². The molecule has 1 rings (SSSR count). The van der Waals surface area contributed by atoms with Gasteiger partial charge in [-0.15, -0.1) is 0 Å². The second-order valence-electron chi connectivity index (χ2n) is 3.10. The van der Waals surface area contributed by atoms with Crippen LogP contribution in [0.4, 0.5) is 4.39 Å². The number of hydrogen-bond donors (Lipinski definition) is 2. The highest BCUT2D eigenvalue weighted by molar-refractivity contribution is 6.31. The molecule has 1 aromatic rings. The maximum absolute atomic E-state index is 13.4. The summed E-state index contributed by atoms with van der Waals surface area (Å²) in [4.78, 5) is 10.9. The lowest BCUT2D eigenvalue weighted by Crippen LogP contribution is -2.22. The fourth-order valence-corrected chi connectivity index (χ4v) is 1.70. The summed E-state index contributed by atoms with van der Waals surface area (Å²) < 4.78 is 18.2. The van der Waals surface area contributed by atoms with Crippen molar-refractivity contribution >= 4 is 17.6 Å². The number of carboxylic acids is 1. The monoisotopic (exact) mass is 247 g/mol. The highest BCUT2D eigenvalue weighted by Gasteiger charge is 2.26. The molecule has 0 saturated heterocycles. The lowest BCUT2D eigenvalue weighted by atomic mass is 9.98. The van der Waals surface area contributed by atoms with E-state index in [2.05, 4.69) is 0 Å².